The fourth-order valence-corrected chi connectivity index (χ4v) is 2.51. The minimum absolute atomic E-state index is 0.0640. The molecule has 0 aromatic heterocycles. The number of nitrogens with zero attached hydrogens (tertiary/aromatic N) is 1. The smallest absolute Gasteiger partial charge is 0.251 e. The fraction of sp³-hybridized carbons (Fsp3) is 0.467. The number of hydrogen-bond acceptors (Lipinski definition) is 2. The summed E-state index contributed by atoms with van der Waals surface area (Å²) in [6.07, 6.45) is 4.69. The van der Waals surface area contributed by atoms with Crippen molar-refractivity contribution in [3.05, 3.63) is 35.4 Å². The molecule has 0 spiro atoms. The van der Waals surface area contributed by atoms with Gasteiger partial charge in [0.1, 0.15) is 0 Å². The van der Waals surface area contributed by atoms with Crippen LogP contribution in [0.3, 0.4) is 0 Å². The Morgan fingerprint density at radius 2 is 2.17 bits per heavy atom. The van der Waals surface area contributed by atoms with E-state index in [2.05, 4.69) is 18.3 Å². The Morgan fingerprint density at radius 1 is 1.39 bits per heavy atom. The van der Waals surface area contributed by atoms with Gasteiger partial charge in [-0.25, -0.2) is 0 Å². The maximum absolute atomic E-state index is 12.1. The van der Waals surface area contributed by atoms with E-state index in [9.17, 15) is 4.79 Å². The molecule has 1 saturated carbocycles. The predicted molar refractivity (Wildman–Crippen MR) is 70.0 cm³/mol. The Bertz CT molecular complexity index is 476. The van der Waals surface area contributed by atoms with Crippen molar-refractivity contribution in [2.24, 2.45) is 5.92 Å². The van der Waals surface area contributed by atoms with E-state index < -0.39 is 0 Å². The van der Waals surface area contributed by atoms with Crippen molar-refractivity contribution < 1.29 is 4.79 Å². The van der Waals surface area contributed by atoms with E-state index in [0.717, 1.165) is 6.42 Å². The fourth-order valence-electron chi connectivity index (χ4n) is 2.51. The molecule has 2 rings (SSSR count). The molecule has 0 saturated heterocycles. The van der Waals surface area contributed by atoms with E-state index in [4.69, 9.17) is 5.26 Å². The van der Waals surface area contributed by atoms with Gasteiger partial charge in [-0.1, -0.05) is 25.8 Å². The third-order valence-corrected chi connectivity index (χ3v) is 3.68. The molecule has 1 amide bonds. The van der Waals surface area contributed by atoms with Gasteiger partial charge in [0, 0.05) is 11.6 Å². The zero-order chi connectivity index (χ0) is 13.0. The van der Waals surface area contributed by atoms with Crippen LogP contribution in [0.5, 0.6) is 0 Å². The van der Waals surface area contributed by atoms with Crippen LogP contribution in [0.15, 0.2) is 24.3 Å². The molecule has 3 nitrogen and oxygen atoms in total. The normalized spacial score (nSPS) is 23.1. The summed E-state index contributed by atoms with van der Waals surface area (Å²) >= 11 is 0. The average molecular weight is 242 g/mol. The van der Waals surface area contributed by atoms with Gasteiger partial charge in [0.2, 0.25) is 0 Å². The molecule has 1 aliphatic carbocycles. The number of hydrogen-bond donors (Lipinski definition) is 1. The van der Waals surface area contributed by atoms with Gasteiger partial charge in [-0.3, -0.25) is 4.79 Å². The molecule has 3 heteroatoms. The highest BCUT2D eigenvalue weighted by Crippen LogP contribution is 2.24. The first-order chi connectivity index (χ1) is 8.70. The van der Waals surface area contributed by atoms with Crippen LogP contribution in [0.2, 0.25) is 0 Å². The van der Waals surface area contributed by atoms with Crippen molar-refractivity contribution in [3.63, 3.8) is 0 Å². The summed E-state index contributed by atoms with van der Waals surface area (Å²) in [6.45, 7) is 2.19. The predicted octanol–water partition coefficient (Wildman–Crippen LogP) is 2.87. The summed E-state index contributed by atoms with van der Waals surface area (Å²) in [5.74, 6) is 0.479. The zero-order valence-electron chi connectivity index (χ0n) is 10.6. The van der Waals surface area contributed by atoms with E-state index >= 15 is 0 Å². The quantitative estimate of drug-likeness (QED) is 0.867. The minimum atomic E-state index is -0.0640. The van der Waals surface area contributed by atoms with E-state index in [1.807, 2.05) is 0 Å². The standard InChI is InChI=1S/C15H18N2O/c1-11-5-2-3-8-14(11)17-15(18)13-7-4-6-12(9-13)10-16/h4,6-7,9,11,14H,2-3,5,8H2,1H3,(H,17,18)/t11-,14+/m0/s1. The van der Waals surface area contributed by atoms with Crippen molar-refractivity contribution in [3.8, 4) is 6.07 Å². The number of benzene rings is 1. The highest BCUT2D eigenvalue weighted by Gasteiger charge is 2.23. The van der Waals surface area contributed by atoms with Crippen molar-refractivity contribution in [1.29, 1.82) is 5.26 Å². The Labute approximate surface area is 108 Å². The molecular weight excluding hydrogens is 224 g/mol. The van der Waals surface area contributed by atoms with Gasteiger partial charge in [0.15, 0.2) is 0 Å². The Balaban J connectivity index is 2.05. The first kappa shape index (κ1) is 12.6. The highest BCUT2D eigenvalue weighted by molar-refractivity contribution is 5.94. The number of carbonyl (C=O) groups is 1. The van der Waals surface area contributed by atoms with Gasteiger partial charge in [0.05, 0.1) is 11.6 Å². The SMILES string of the molecule is C[C@H]1CCCC[C@H]1NC(=O)c1cccc(C#N)c1. The topological polar surface area (TPSA) is 52.9 Å². The molecule has 0 unspecified atom stereocenters. The van der Waals surface area contributed by atoms with Crippen LogP contribution >= 0.6 is 0 Å². The number of nitrogens with one attached hydrogen (secondary N) is 1. The molecular formula is C15H18N2O. The molecule has 1 fully saturated rings. The van der Waals surface area contributed by atoms with Crippen molar-refractivity contribution in [2.45, 2.75) is 38.6 Å². The van der Waals surface area contributed by atoms with Crippen LogP contribution < -0.4 is 5.32 Å². The molecule has 1 aliphatic rings. The molecule has 1 aromatic rings. The van der Waals surface area contributed by atoms with Gasteiger partial charge in [-0.2, -0.15) is 5.26 Å². The van der Waals surface area contributed by atoms with Crippen molar-refractivity contribution >= 4 is 5.91 Å². The van der Waals surface area contributed by atoms with Gasteiger partial charge in [-0.15, -0.1) is 0 Å². The third-order valence-electron chi connectivity index (χ3n) is 3.68. The van der Waals surface area contributed by atoms with E-state index in [1.165, 1.54) is 19.3 Å². The number of rotatable bonds is 2. The monoisotopic (exact) mass is 242 g/mol. The Hall–Kier alpha value is -1.82. The summed E-state index contributed by atoms with van der Waals surface area (Å²) < 4.78 is 0. The number of carbonyl (C=O) groups excluding carboxylic acids is 1. The van der Waals surface area contributed by atoms with Crippen LogP contribution in [0.25, 0.3) is 0 Å². The van der Waals surface area contributed by atoms with E-state index in [-0.39, 0.29) is 11.9 Å². The lowest BCUT2D eigenvalue weighted by Gasteiger charge is -2.29. The molecule has 0 radical (unpaired) electrons. The second-order valence-electron chi connectivity index (χ2n) is 5.03. The lowest BCUT2D eigenvalue weighted by molar-refractivity contribution is 0.0910. The second-order valence-corrected chi connectivity index (χ2v) is 5.03. The third kappa shape index (κ3) is 2.89. The summed E-state index contributed by atoms with van der Waals surface area (Å²) in [7, 11) is 0. The second kappa shape index (κ2) is 5.68. The number of nitriles is 1. The summed E-state index contributed by atoms with van der Waals surface area (Å²) in [5, 5.41) is 11.9. The van der Waals surface area contributed by atoms with Gasteiger partial charge in [0.25, 0.3) is 5.91 Å². The van der Waals surface area contributed by atoms with Crippen LogP contribution in [-0.2, 0) is 0 Å². The van der Waals surface area contributed by atoms with Crippen LogP contribution in [0, 0.1) is 17.2 Å². The zero-order valence-corrected chi connectivity index (χ0v) is 10.6. The van der Waals surface area contributed by atoms with Crippen molar-refractivity contribution in [2.75, 3.05) is 0 Å². The highest BCUT2D eigenvalue weighted by atomic mass is 16.1. The summed E-state index contributed by atoms with van der Waals surface area (Å²) in [6, 6.07) is 9.18. The number of amides is 1. The molecule has 0 bridgehead atoms. The van der Waals surface area contributed by atoms with Gasteiger partial charge in [-0.05, 0) is 37.0 Å². The molecule has 1 N–H and O–H groups in total. The van der Waals surface area contributed by atoms with Crippen LogP contribution in [-0.4, -0.2) is 11.9 Å². The van der Waals surface area contributed by atoms with E-state index in [0.29, 0.717) is 17.0 Å². The van der Waals surface area contributed by atoms with Crippen LogP contribution in [0.1, 0.15) is 48.5 Å². The Kier molecular flexibility index (Phi) is 3.99. The van der Waals surface area contributed by atoms with Gasteiger partial charge >= 0.3 is 0 Å². The van der Waals surface area contributed by atoms with Crippen LogP contribution in [0.4, 0.5) is 0 Å². The maximum Gasteiger partial charge on any atom is 0.251 e. The molecule has 2 atom stereocenters. The maximum atomic E-state index is 12.1. The molecule has 94 valence electrons. The summed E-state index contributed by atoms with van der Waals surface area (Å²) in [5.41, 5.74) is 1.10. The minimum Gasteiger partial charge on any atom is -0.349 e. The summed E-state index contributed by atoms with van der Waals surface area (Å²) in [4.78, 5) is 12.1. The molecule has 18 heavy (non-hydrogen) atoms. The molecule has 1 aromatic carbocycles. The largest absolute Gasteiger partial charge is 0.349 e. The molecule has 0 aliphatic heterocycles. The first-order valence-corrected chi connectivity index (χ1v) is 6.51. The van der Waals surface area contributed by atoms with E-state index in [1.54, 1.807) is 24.3 Å². The molecule has 0 heterocycles. The average Bonchev–Trinajstić information content (AvgIpc) is 2.41. The lowest BCUT2D eigenvalue weighted by atomic mass is 9.86. The van der Waals surface area contributed by atoms with Crippen molar-refractivity contribution in [1.82, 2.24) is 5.32 Å². The first-order valence-electron chi connectivity index (χ1n) is 6.51. The van der Waals surface area contributed by atoms with Gasteiger partial charge < -0.3 is 5.32 Å². The Morgan fingerprint density at radius 3 is 2.89 bits per heavy atom. The lowest BCUT2D eigenvalue weighted by Crippen LogP contribution is -2.41.